The highest BCUT2D eigenvalue weighted by atomic mass is 32.2. The average Bonchev–Trinajstić information content (AvgIpc) is 3.30. The van der Waals surface area contributed by atoms with Crippen molar-refractivity contribution in [3.05, 3.63) is 30.3 Å². The summed E-state index contributed by atoms with van der Waals surface area (Å²) < 4.78 is 34.2. The van der Waals surface area contributed by atoms with Crippen LogP contribution in [0.2, 0.25) is 0 Å². The van der Waals surface area contributed by atoms with Crippen molar-refractivity contribution in [2.24, 2.45) is 5.92 Å². The lowest BCUT2D eigenvalue weighted by molar-refractivity contribution is -0.0777. The molecule has 3 aliphatic rings. The molecule has 5 nitrogen and oxygen atoms in total. The maximum absolute atomic E-state index is 12.6. The van der Waals surface area contributed by atoms with E-state index in [-0.39, 0.29) is 11.6 Å². The van der Waals surface area contributed by atoms with Crippen molar-refractivity contribution in [1.29, 1.82) is 0 Å². The van der Waals surface area contributed by atoms with Crippen LogP contribution in [0.5, 0.6) is 0 Å². The van der Waals surface area contributed by atoms with Gasteiger partial charge in [0.05, 0.1) is 10.5 Å². The van der Waals surface area contributed by atoms with Gasteiger partial charge in [0.1, 0.15) is 0 Å². The molecule has 2 atom stereocenters. The van der Waals surface area contributed by atoms with Crippen LogP contribution in [0.1, 0.15) is 32.1 Å². The van der Waals surface area contributed by atoms with Crippen molar-refractivity contribution in [2.75, 3.05) is 26.2 Å². The summed E-state index contributed by atoms with van der Waals surface area (Å²) >= 11 is 0. The molecule has 1 aliphatic carbocycles. The molecule has 0 radical (unpaired) electrons. The van der Waals surface area contributed by atoms with E-state index in [1.807, 2.05) is 6.07 Å². The van der Waals surface area contributed by atoms with Crippen molar-refractivity contribution >= 4 is 10.0 Å². The summed E-state index contributed by atoms with van der Waals surface area (Å²) in [5.74, 6) is 0.885. The molecular formula is C18H26N2O3S. The fourth-order valence-electron chi connectivity index (χ4n) is 4.05. The summed E-state index contributed by atoms with van der Waals surface area (Å²) in [5, 5.41) is 0. The Morgan fingerprint density at radius 1 is 1.21 bits per heavy atom. The highest BCUT2D eigenvalue weighted by molar-refractivity contribution is 7.89. The Balaban J connectivity index is 1.40. The fraction of sp³-hybridized carbons (Fsp3) is 0.667. The van der Waals surface area contributed by atoms with Crippen LogP contribution in [-0.2, 0) is 14.8 Å². The molecule has 6 heteroatoms. The molecule has 3 fully saturated rings. The number of likely N-dealkylation sites (tertiary alicyclic amines) is 1. The van der Waals surface area contributed by atoms with Crippen molar-refractivity contribution in [2.45, 2.75) is 48.6 Å². The Labute approximate surface area is 144 Å². The number of hydrogen-bond acceptors (Lipinski definition) is 4. The molecule has 0 bridgehead atoms. The lowest BCUT2D eigenvalue weighted by Gasteiger charge is -2.38. The molecule has 0 unspecified atom stereocenters. The van der Waals surface area contributed by atoms with Gasteiger partial charge in [0.15, 0.2) is 0 Å². The first kappa shape index (κ1) is 16.5. The summed E-state index contributed by atoms with van der Waals surface area (Å²) in [6.07, 6.45) is 5.27. The first-order valence-electron chi connectivity index (χ1n) is 8.98. The minimum absolute atomic E-state index is 0.0372. The van der Waals surface area contributed by atoms with Crippen LogP contribution in [0.3, 0.4) is 0 Å². The molecule has 0 amide bonds. The van der Waals surface area contributed by atoms with Gasteiger partial charge in [-0.1, -0.05) is 18.2 Å². The average molecular weight is 350 g/mol. The van der Waals surface area contributed by atoms with Gasteiger partial charge in [0, 0.05) is 32.3 Å². The Bertz CT molecular complexity index is 675. The summed E-state index contributed by atoms with van der Waals surface area (Å²) in [6, 6.07) is 8.59. The molecule has 1 saturated carbocycles. The first-order chi connectivity index (χ1) is 11.5. The van der Waals surface area contributed by atoms with E-state index in [1.165, 1.54) is 19.4 Å². The monoisotopic (exact) mass is 350 g/mol. The molecule has 1 aromatic rings. The maximum Gasteiger partial charge on any atom is 0.240 e. The molecule has 24 heavy (non-hydrogen) atoms. The van der Waals surface area contributed by atoms with Crippen LogP contribution in [0.25, 0.3) is 0 Å². The van der Waals surface area contributed by atoms with Gasteiger partial charge >= 0.3 is 0 Å². The third-order valence-electron chi connectivity index (χ3n) is 5.48. The van der Waals surface area contributed by atoms with Crippen LogP contribution < -0.4 is 4.72 Å². The summed E-state index contributed by atoms with van der Waals surface area (Å²) in [7, 11) is -3.45. The minimum atomic E-state index is -3.45. The topological polar surface area (TPSA) is 58.6 Å². The number of nitrogens with zero attached hydrogens (tertiary/aromatic N) is 1. The molecule has 132 valence electrons. The summed E-state index contributed by atoms with van der Waals surface area (Å²) in [5.41, 5.74) is -0.156. The SMILES string of the molecule is O=S(=O)(N[C@H]1CCO[C@@]2(CCN(CC3CC3)C2)C1)c1ccccc1. The molecular weight excluding hydrogens is 324 g/mol. The van der Waals surface area contributed by atoms with E-state index in [9.17, 15) is 8.42 Å². The molecule has 2 saturated heterocycles. The van der Waals surface area contributed by atoms with Gasteiger partial charge in [-0.15, -0.1) is 0 Å². The van der Waals surface area contributed by atoms with Crippen LogP contribution in [0, 0.1) is 5.92 Å². The van der Waals surface area contributed by atoms with Gasteiger partial charge in [0.2, 0.25) is 10.0 Å². The van der Waals surface area contributed by atoms with Crippen LogP contribution in [-0.4, -0.2) is 51.2 Å². The van der Waals surface area contributed by atoms with E-state index in [4.69, 9.17) is 4.74 Å². The van der Waals surface area contributed by atoms with E-state index in [0.29, 0.717) is 11.5 Å². The van der Waals surface area contributed by atoms with Crippen molar-refractivity contribution in [1.82, 2.24) is 9.62 Å². The van der Waals surface area contributed by atoms with Crippen LogP contribution in [0.4, 0.5) is 0 Å². The number of sulfonamides is 1. The zero-order chi connectivity index (χ0) is 16.6. The summed E-state index contributed by atoms with van der Waals surface area (Å²) in [4.78, 5) is 2.85. The molecule has 4 rings (SSSR count). The van der Waals surface area contributed by atoms with E-state index in [2.05, 4.69) is 9.62 Å². The molecule has 0 aromatic heterocycles. The Morgan fingerprint density at radius 3 is 2.75 bits per heavy atom. The van der Waals surface area contributed by atoms with Gasteiger partial charge in [-0.25, -0.2) is 13.1 Å². The third-order valence-corrected chi connectivity index (χ3v) is 7.01. The van der Waals surface area contributed by atoms with Crippen LogP contribution >= 0.6 is 0 Å². The van der Waals surface area contributed by atoms with Gasteiger partial charge in [0.25, 0.3) is 0 Å². The smallest absolute Gasteiger partial charge is 0.240 e. The molecule has 1 aromatic carbocycles. The molecule has 2 heterocycles. The van der Waals surface area contributed by atoms with E-state index in [0.717, 1.165) is 38.3 Å². The van der Waals surface area contributed by atoms with Crippen molar-refractivity contribution in [3.8, 4) is 0 Å². The number of nitrogens with one attached hydrogen (secondary N) is 1. The molecule has 1 spiro atoms. The maximum atomic E-state index is 12.6. The lowest BCUT2D eigenvalue weighted by atomic mass is 9.90. The van der Waals surface area contributed by atoms with E-state index >= 15 is 0 Å². The number of benzene rings is 1. The van der Waals surface area contributed by atoms with E-state index < -0.39 is 10.0 Å². The highest BCUT2D eigenvalue weighted by Crippen LogP contribution is 2.37. The van der Waals surface area contributed by atoms with Crippen LogP contribution in [0.15, 0.2) is 35.2 Å². The predicted octanol–water partition coefficient (Wildman–Crippen LogP) is 2.00. The second-order valence-corrected chi connectivity index (χ2v) is 9.30. The Kier molecular flexibility index (Phi) is 4.41. The number of hydrogen-bond donors (Lipinski definition) is 1. The largest absolute Gasteiger partial charge is 0.373 e. The van der Waals surface area contributed by atoms with E-state index in [1.54, 1.807) is 24.3 Å². The lowest BCUT2D eigenvalue weighted by Crippen LogP contribution is -2.49. The Hall–Kier alpha value is -0.950. The predicted molar refractivity (Wildman–Crippen MR) is 92.2 cm³/mol. The summed E-state index contributed by atoms with van der Waals surface area (Å²) in [6.45, 7) is 3.85. The highest BCUT2D eigenvalue weighted by Gasteiger charge is 2.44. The second kappa shape index (κ2) is 6.41. The molecule has 2 aliphatic heterocycles. The normalized spacial score (nSPS) is 31.6. The number of ether oxygens (including phenoxy) is 1. The molecule has 1 N–H and O–H groups in total. The van der Waals surface area contributed by atoms with Gasteiger partial charge < -0.3 is 9.64 Å². The van der Waals surface area contributed by atoms with Gasteiger partial charge in [-0.05, 0) is 50.2 Å². The zero-order valence-corrected chi connectivity index (χ0v) is 14.8. The number of rotatable bonds is 5. The zero-order valence-electron chi connectivity index (χ0n) is 14.0. The third kappa shape index (κ3) is 3.67. The standard InChI is InChI=1S/C18H26N2O3S/c21-24(22,17-4-2-1-3-5-17)19-16-8-11-23-18(12-16)9-10-20(14-18)13-15-6-7-15/h1-5,15-16,19H,6-14H2/t16-,18-/m0/s1. The minimum Gasteiger partial charge on any atom is -0.373 e. The Morgan fingerprint density at radius 2 is 2.00 bits per heavy atom. The van der Waals surface area contributed by atoms with Gasteiger partial charge in [-0.3, -0.25) is 0 Å². The van der Waals surface area contributed by atoms with Gasteiger partial charge in [-0.2, -0.15) is 0 Å². The quantitative estimate of drug-likeness (QED) is 0.882. The van der Waals surface area contributed by atoms with Crippen molar-refractivity contribution < 1.29 is 13.2 Å². The second-order valence-electron chi connectivity index (χ2n) is 7.58. The first-order valence-corrected chi connectivity index (χ1v) is 10.5. The fourth-order valence-corrected chi connectivity index (χ4v) is 5.34. The van der Waals surface area contributed by atoms with Crippen molar-refractivity contribution in [3.63, 3.8) is 0 Å².